The number of amides is 2. The summed E-state index contributed by atoms with van der Waals surface area (Å²) >= 11 is 1.24. The van der Waals surface area contributed by atoms with Crippen molar-refractivity contribution in [3.63, 3.8) is 0 Å². The van der Waals surface area contributed by atoms with E-state index in [1.165, 1.54) is 11.3 Å². The lowest BCUT2D eigenvalue weighted by molar-refractivity contribution is -0.134. The number of fused-ring (bicyclic) bond motifs is 1. The van der Waals surface area contributed by atoms with Gasteiger partial charge < -0.3 is 10.2 Å². The highest BCUT2D eigenvalue weighted by Crippen LogP contribution is 2.34. The van der Waals surface area contributed by atoms with Crippen LogP contribution in [0.25, 0.3) is 0 Å². The van der Waals surface area contributed by atoms with Crippen LogP contribution >= 0.6 is 11.3 Å². The van der Waals surface area contributed by atoms with Crippen molar-refractivity contribution in [3.05, 3.63) is 10.6 Å². The molecule has 1 saturated carbocycles. The molecule has 1 heterocycles. The molecule has 2 amide bonds. The van der Waals surface area contributed by atoms with Gasteiger partial charge in [0.1, 0.15) is 0 Å². The first-order valence-electron chi connectivity index (χ1n) is 9.08. The Hall–Kier alpha value is -1.76. The van der Waals surface area contributed by atoms with Crippen LogP contribution in [-0.2, 0) is 16.0 Å². The van der Waals surface area contributed by atoms with E-state index < -0.39 is 0 Å². The van der Waals surface area contributed by atoms with Crippen LogP contribution in [0.1, 0.15) is 60.8 Å². The molecule has 1 aromatic rings. The SMILES string of the molecule is CCCCN(C)C(=O)[C@@H]1CC(=O)c2sc(NC(=O)C3CCC3)nc2C1. The van der Waals surface area contributed by atoms with Crippen molar-refractivity contribution >= 4 is 34.1 Å². The van der Waals surface area contributed by atoms with E-state index in [4.69, 9.17) is 0 Å². The van der Waals surface area contributed by atoms with Gasteiger partial charge in [0.25, 0.3) is 0 Å². The van der Waals surface area contributed by atoms with Gasteiger partial charge in [-0.25, -0.2) is 4.98 Å². The number of carbonyl (C=O) groups excluding carboxylic acids is 3. The van der Waals surface area contributed by atoms with E-state index in [0.717, 1.165) is 32.1 Å². The highest BCUT2D eigenvalue weighted by molar-refractivity contribution is 7.17. The van der Waals surface area contributed by atoms with E-state index in [1.54, 1.807) is 11.9 Å². The Labute approximate surface area is 152 Å². The van der Waals surface area contributed by atoms with E-state index in [2.05, 4.69) is 17.2 Å². The summed E-state index contributed by atoms with van der Waals surface area (Å²) in [6, 6.07) is 0. The highest BCUT2D eigenvalue weighted by Gasteiger charge is 2.35. The Bertz CT molecular complexity index is 681. The van der Waals surface area contributed by atoms with Crippen molar-refractivity contribution in [2.45, 2.75) is 51.9 Å². The Balaban J connectivity index is 1.66. The molecule has 0 saturated heterocycles. The normalized spacial score (nSPS) is 19.9. The maximum absolute atomic E-state index is 12.6. The number of Topliss-reactive ketones (excluding diaryl/α,β-unsaturated/α-hetero) is 1. The summed E-state index contributed by atoms with van der Waals surface area (Å²) in [4.78, 5) is 43.8. The number of thiazole rings is 1. The van der Waals surface area contributed by atoms with Gasteiger partial charge >= 0.3 is 0 Å². The first kappa shape index (κ1) is 18.0. The lowest BCUT2D eigenvalue weighted by atomic mass is 9.85. The first-order valence-corrected chi connectivity index (χ1v) is 9.90. The van der Waals surface area contributed by atoms with E-state index in [-0.39, 0.29) is 35.9 Å². The molecule has 1 N–H and O–H groups in total. The maximum atomic E-state index is 12.6. The van der Waals surface area contributed by atoms with Crippen LogP contribution in [0, 0.1) is 11.8 Å². The van der Waals surface area contributed by atoms with Crippen molar-refractivity contribution < 1.29 is 14.4 Å². The van der Waals surface area contributed by atoms with Crippen LogP contribution in [-0.4, -0.2) is 41.1 Å². The van der Waals surface area contributed by atoms with Crippen LogP contribution in [0.3, 0.4) is 0 Å². The Kier molecular flexibility index (Phi) is 5.51. The Morgan fingerprint density at radius 1 is 1.28 bits per heavy atom. The molecule has 0 spiro atoms. The first-order chi connectivity index (χ1) is 12.0. The number of ketones is 1. The van der Waals surface area contributed by atoms with Crippen LogP contribution in [0.4, 0.5) is 5.13 Å². The quantitative estimate of drug-likeness (QED) is 0.843. The molecule has 2 aliphatic rings. The van der Waals surface area contributed by atoms with Crippen LogP contribution in [0.2, 0.25) is 0 Å². The lowest BCUT2D eigenvalue weighted by Crippen LogP contribution is -2.37. The zero-order valence-electron chi connectivity index (χ0n) is 14.8. The van der Waals surface area contributed by atoms with Gasteiger partial charge in [-0.2, -0.15) is 0 Å². The van der Waals surface area contributed by atoms with Gasteiger partial charge in [0.15, 0.2) is 10.9 Å². The molecular formula is C18H25N3O3S. The summed E-state index contributed by atoms with van der Waals surface area (Å²) in [5, 5.41) is 3.33. The van der Waals surface area contributed by atoms with Crippen molar-refractivity contribution in [3.8, 4) is 0 Å². The molecule has 2 aliphatic carbocycles. The van der Waals surface area contributed by atoms with Gasteiger partial charge in [0.2, 0.25) is 11.8 Å². The van der Waals surface area contributed by atoms with Gasteiger partial charge in [-0.3, -0.25) is 14.4 Å². The summed E-state index contributed by atoms with van der Waals surface area (Å²) in [6.07, 6.45) is 5.66. The highest BCUT2D eigenvalue weighted by atomic mass is 32.1. The van der Waals surface area contributed by atoms with Crippen molar-refractivity contribution in [1.29, 1.82) is 0 Å². The molecule has 1 atom stereocenters. The predicted molar refractivity (Wildman–Crippen MR) is 96.8 cm³/mol. The van der Waals surface area contributed by atoms with Crippen LogP contribution < -0.4 is 5.32 Å². The van der Waals surface area contributed by atoms with E-state index >= 15 is 0 Å². The average Bonchev–Trinajstić information content (AvgIpc) is 2.92. The molecule has 0 unspecified atom stereocenters. The molecular weight excluding hydrogens is 338 g/mol. The number of hydrogen-bond acceptors (Lipinski definition) is 5. The van der Waals surface area contributed by atoms with Gasteiger partial charge in [-0.1, -0.05) is 31.1 Å². The number of nitrogens with one attached hydrogen (secondary N) is 1. The second-order valence-corrected chi connectivity index (χ2v) is 8.05. The molecule has 1 aromatic heterocycles. The minimum atomic E-state index is -0.334. The van der Waals surface area contributed by atoms with Crippen molar-refractivity contribution in [2.24, 2.45) is 11.8 Å². The number of hydrogen-bond donors (Lipinski definition) is 1. The monoisotopic (exact) mass is 363 g/mol. The predicted octanol–water partition coefficient (Wildman–Crippen LogP) is 2.89. The fourth-order valence-electron chi connectivity index (χ4n) is 3.25. The minimum absolute atomic E-state index is 0.00304. The van der Waals surface area contributed by atoms with Gasteiger partial charge in [-0.15, -0.1) is 0 Å². The number of unbranched alkanes of at least 4 members (excludes halogenated alkanes) is 1. The maximum Gasteiger partial charge on any atom is 0.229 e. The molecule has 6 nitrogen and oxygen atoms in total. The summed E-state index contributed by atoms with van der Waals surface area (Å²) in [5.41, 5.74) is 0.660. The number of nitrogens with zero attached hydrogens (tertiary/aromatic N) is 2. The Morgan fingerprint density at radius 2 is 2.04 bits per heavy atom. The largest absolute Gasteiger partial charge is 0.346 e. The molecule has 7 heteroatoms. The van der Waals surface area contributed by atoms with E-state index in [1.807, 2.05) is 0 Å². The molecule has 0 aliphatic heterocycles. The third-order valence-corrected chi connectivity index (χ3v) is 6.15. The average molecular weight is 363 g/mol. The van der Waals surface area contributed by atoms with Gasteiger partial charge in [0, 0.05) is 32.4 Å². The molecule has 1 fully saturated rings. The molecule has 0 radical (unpaired) electrons. The molecule has 136 valence electrons. The molecule has 0 bridgehead atoms. The fraction of sp³-hybridized carbons (Fsp3) is 0.667. The third-order valence-electron chi connectivity index (χ3n) is 5.10. The molecule has 0 aromatic carbocycles. The standard InChI is InChI=1S/C18H25N3O3S/c1-3-4-8-21(2)17(24)12-9-13-15(14(22)10-12)25-18(19-13)20-16(23)11-6-5-7-11/h11-12H,3-10H2,1-2H3,(H,19,20,23)/t12-/m0/s1. The summed E-state index contributed by atoms with van der Waals surface area (Å²) in [6.45, 7) is 2.80. The van der Waals surface area contributed by atoms with Crippen LogP contribution in [0.15, 0.2) is 0 Å². The fourth-order valence-corrected chi connectivity index (χ4v) is 4.20. The minimum Gasteiger partial charge on any atom is -0.346 e. The third kappa shape index (κ3) is 3.92. The second kappa shape index (κ2) is 7.64. The van der Waals surface area contributed by atoms with E-state index in [0.29, 0.717) is 28.7 Å². The summed E-state index contributed by atoms with van der Waals surface area (Å²) in [7, 11) is 1.79. The van der Waals surface area contributed by atoms with Gasteiger partial charge in [-0.05, 0) is 19.3 Å². The van der Waals surface area contributed by atoms with Crippen molar-refractivity contribution in [2.75, 3.05) is 18.9 Å². The summed E-state index contributed by atoms with van der Waals surface area (Å²) < 4.78 is 0. The second-order valence-electron chi connectivity index (χ2n) is 7.05. The number of aromatic nitrogens is 1. The van der Waals surface area contributed by atoms with Gasteiger partial charge in [0.05, 0.1) is 16.5 Å². The number of carbonyl (C=O) groups is 3. The Morgan fingerprint density at radius 3 is 2.68 bits per heavy atom. The molecule has 3 rings (SSSR count). The van der Waals surface area contributed by atoms with E-state index in [9.17, 15) is 14.4 Å². The van der Waals surface area contributed by atoms with Crippen LogP contribution in [0.5, 0.6) is 0 Å². The lowest BCUT2D eigenvalue weighted by Gasteiger charge is -2.25. The number of anilines is 1. The smallest absolute Gasteiger partial charge is 0.229 e. The zero-order valence-corrected chi connectivity index (χ0v) is 15.7. The topological polar surface area (TPSA) is 79.4 Å². The molecule has 25 heavy (non-hydrogen) atoms. The zero-order chi connectivity index (χ0) is 18.0. The van der Waals surface area contributed by atoms with Crippen molar-refractivity contribution in [1.82, 2.24) is 9.88 Å². The number of rotatable bonds is 6. The summed E-state index contributed by atoms with van der Waals surface area (Å²) in [5.74, 6) is -0.278.